The van der Waals surface area contributed by atoms with Gasteiger partial charge in [-0.1, -0.05) is 17.7 Å². The van der Waals surface area contributed by atoms with Gasteiger partial charge in [-0.2, -0.15) is 0 Å². The minimum absolute atomic E-state index is 0.413. The van der Waals surface area contributed by atoms with Gasteiger partial charge in [0.25, 0.3) is 0 Å². The maximum atomic E-state index is 5.85. The molecule has 0 amide bonds. The first-order valence-corrected chi connectivity index (χ1v) is 6.09. The van der Waals surface area contributed by atoms with Crippen molar-refractivity contribution in [2.45, 2.75) is 13.8 Å². The molecule has 0 atom stereocenters. The third-order valence-electron chi connectivity index (χ3n) is 2.36. The number of aryl methyl sites for hydroxylation is 1. The molecule has 0 spiro atoms. The summed E-state index contributed by atoms with van der Waals surface area (Å²) < 4.78 is 11.2. The van der Waals surface area contributed by atoms with Crippen LogP contribution in [0.5, 0.6) is 17.2 Å². The number of aromatic nitrogens is 1. The van der Waals surface area contributed by atoms with E-state index < -0.39 is 0 Å². The average molecular weight is 264 g/mol. The van der Waals surface area contributed by atoms with E-state index >= 15 is 0 Å². The smallest absolute Gasteiger partial charge is 0.134 e. The SMILES string of the molecule is CCOc1cccc(Oc2cc(Cl)ncc2C)c1. The van der Waals surface area contributed by atoms with Crippen LogP contribution in [0.1, 0.15) is 12.5 Å². The van der Waals surface area contributed by atoms with Gasteiger partial charge >= 0.3 is 0 Å². The van der Waals surface area contributed by atoms with E-state index in [0.717, 1.165) is 11.3 Å². The van der Waals surface area contributed by atoms with E-state index in [2.05, 4.69) is 4.98 Å². The van der Waals surface area contributed by atoms with Crippen LogP contribution in [0.3, 0.4) is 0 Å². The number of benzene rings is 1. The van der Waals surface area contributed by atoms with Crippen LogP contribution in [0.15, 0.2) is 36.5 Å². The molecule has 1 aromatic carbocycles. The summed E-state index contributed by atoms with van der Waals surface area (Å²) in [7, 11) is 0. The van der Waals surface area contributed by atoms with Gasteiger partial charge in [0.05, 0.1) is 6.61 Å². The first-order chi connectivity index (χ1) is 8.69. The van der Waals surface area contributed by atoms with Crippen molar-refractivity contribution in [2.75, 3.05) is 6.61 Å². The number of nitrogens with zero attached hydrogens (tertiary/aromatic N) is 1. The zero-order chi connectivity index (χ0) is 13.0. The van der Waals surface area contributed by atoms with Crippen molar-refractivity contribution in [3.63, 3.8) is 0 Å². The van der Waals surface area contributed by atoms with Crippen molar-refractivity contribution < 1.29 is 9.47 Å². The van der Waals surface area contributed by atoms with Gasteiger partial charge in [0.2, 0.25) is 0 Å². The summed E-state index contributed by atoms with van der Waals surface area (Å²) in [5.41, 5.74) is 0.932. The molecule has 0 saturated heterocycles. The van der Waals surface area contributed by atoms with Gasteiger partial charge in [-0.3, -0.25) is 0 Å². The van der Waals surface area contributed by atoms with Crippen molar-refractivity contribution in [3.8, 4) is 17.2 Å². The third-order valence-corrected chi connectivity index (χ3v) is 2.57. The number of pyridine rings is 1. The Morgan fingerprint density at radius 3 is 2.78 bits per heavy atom. The Bertz CT molecular complexity index is 543. The molecule has 4 heteroatoms. The molecule has 0 aliphatic heterocycles. The van der Waals surface area contributed by atoms with E-state index in [1.807, 2.05) is 38.1 Å². The van der Waals surface area contributed by atoms with Gasteiger partial charge in [-0.05, 0) is 26.0 Å². The summed E-state index contributed by atoms with van der Waals surface area (Å²) in [4.78, 5) is 3.99. The lowest BCUT2D eigenvalue weighted by Crippen LogP contribution is -1.93. The fourth-order valence-corrected chi connectivity index (χ4v) is 1.66. The van der Waals surface area contributed by atoms with E-state index in [0.29, 0.717) is 23.3 Å². The third kappa shape index (κ3) is 3.14. The highest BCUT2D eigenvalue weighted by Crippen LogP contribution is 2.28. The molecule has 0 fully saturated rings. The molecule has 2 rings (SSSR count). The Morgan fingerprint density at radius 1 is 1.22 bits per heavy atom. The predicted molar refractivity (Wildman–Crippen MR) is 71.7 cm³/mol. The Labute approximate surface area is 111 Å². The van der Waals surface area contributed by atoms with Crippen LogP contribution in [0.4, 0.5) is 0 Å². The Hall–Kier alpha value is -1.74. The highest BCUT2D eigenvalue weighted by Gasteiger charge is 2.04. The molecule has 1 aromatic heterocycles. The van der Waals surface area contributed by atoms with Gasteiger partial charge in [0.1, 0.15) is 22.4 Å². The molecule has 0 aliphatic rings. The predicted octanol–water partition coefficient (Wildman–Crippen LogP) is 4.23. The highest BCUT2D eigenvalue weighted by atomic mass is 35.5. The first kappa shape index (κ1) is 12.7. The number of ether oxygens (including phenoxy) is 2. The standard InChI is InChI=1S/C14H14ClNO2/c1-3-17-11-5-4-6-12(7-11)18-13-8-14(15)16-9-10(13)2/h4-9H,3H2,1-2H3. The van der Waals surface area contributed by atoms with Crippen LogP contribution in [-0.4, -0.2) is 11.6 Å². The summed E-state index contributed by atoms with van der Waals surface area (Å²) in [6.07, 6.45) is 1.68. The molecule has 3 nitrogen and oxygen atoms in total. The fraction of sp³-hybridized carbons (Fsp3) is 0.214. The Morgan fingerprint density at radius 2 is 2.00 bits per heavy atom. The molecular weight excluding hydrogens is 250 g/mol. The van der Waals surface area contributed by atoms with Crippen molar-refractivity contribution in [2.24, 2.45) is 0 Å². The van der Waals surface area contributed by atoms with Crippen LogP contribution in [0.2, 0.25) is 5.15 Å². The quantitative estimate of drug-likeness (QED) is 0.774. The van der Waals surface area contributed by atoms with Gasteiger partial charge in [-0.15, -0.1) is 0 Å². The highest BCUT2D eigenvalue weighted by molar-refractivity contribution is 6.29. The molecule has 1 heterocycles. The number of hydrogen-bond donors (Lipinski definition) is 0. The summed E-state index contributed by atoms with van der Waals surface area (Å²) >= 11 is 5.85. The minimum atomic E-state index is 0.413. The normalized spacial score (nSPS) is 10.2. The lowest BCUT2D eigenvalue weighted by molar-refractivity contribution is 0.338. The van der Waals surface area contributed by atoms with E-state index in [4.69, 9.17) is 21.1 Å². The van der Waals surface area contributed by atoms with Crippen molar-refractivity contribution >= 4 is 11.6 Å². The van der Waals surface area contributed by atoms with Crippen LogP contribution < -0.4 is 9.47 Å². The fourth-order valence-electron chi connectivity index (χ4n) is 1.51. The topological polar surface area (TPSA) is 31.4 Å². The van der Waals surface area contributed by atoms with Crippen molar-refractivity contribution in [1.29, 1.82) is 0 Å². The molecule has 18 heavy (non-hydrogen) atoms. The summed E-state index contributed by atoms with van der Waals surface area (Å²) in [6, 6.07) is 9.19. The Kier molecular flexibility index (Phi) is 4.05. The van der Waals surface area contributed by atoms with Crippen molar-refractivity contribution in [3.05, 3.63) is 47.2 Å². The molecule has 0 unspecified atom stereocenters. The van der Waals surface area contributed by atoms with Gasteiger partial charge < -0.3 is 9.47 Å². The lowest BCUT2D eigenvalue weighted by atomic mass is 10.3. The molecule has 2 aromatic rings. The van der Waals surface area contributed by atoms with Gasteiger partial charge in [-0.25, -0.2) is 4.98 Å². The molecule has 0 N–H and O–H groups in total. The largest absolute Gasteiger partial charge is 0.494 e. The van der Waals surface area contributed by atoms with E-state index in [1.165, 1.54) is 0 Å². The summed E-state index contributed by atoms with van der Waals surface area (Å²) in [5, 5.41) is 0.413. The van der Waals surface area contributed by atoms with Gasteiger partial charge in [0.15, 0.2) is 0 Å². The minimum Gasteiger partial charge on any atom is -0.494 e. The molecule has 0 bridgehead atoms. The number of hydrogen-bond acceptors (Lipinski definition) is 3. The van der Waals surface area contributed by atoms with Gasteiger partial charge in [0, 0.05) is 23.9 Å². The van der Waals surface area contributed by atoms with Crippen LogP contribution >= 0.6 is 11.6 Å². The average Bonchev–Trinajstić information content (AvgIpc) is 2.35. The monoisotopic (exact) mass is 263 g/mol. The summed E-state index contributed by atoms with van der Waals surface area (Å²) in [6.45, 7) is 4.49. The van der Waals surface area contributed by atoms with Crippen LogP contribution in [-0.2, 0) is 0 Å². The second kappa shape index (κ2) is 5.74. The van der Waals surface area contributed by atoms with E-state index in [-0.39, 0.29) is 0 Å². The maximum absolute atomic E-state index is 5.85. The van der Waals surface area contributed by atoms with E-state index in [1.54, 1.807) is 12.3 Å². The number of halogens is 1. The van der Waals surface area contributed by atoms with E-state index in [9.17, 15) is 0 Å². The zero-order valence-electron chi connectivity index (χ0n) is 10.3. The van der Waals surface area contributed by atoms with Crippen LogP contribution in [0.25, 0.3) is 0 Å². The van der Waals surface area contributed by atoms with Crippen LogP contribution in [0, 0.1) is 6.92 Å². The molecule has 94 valence electrons. The lowest BCUT2D eigenvalue weighted by Gasteiger charge is -2.10. The molecular formula is C14H14ClNO2. The second-order valence-corrected chi connectivity index (χ2v) is 4.17. The molecule has 0 aliphatic carbocycles. The summed E-state index contributed by atoms with van der Waals surface area (Å²) in [5.74, 6) is 2.20. The molecule has 0 saturated carbocycles. The van der Waals surface area contributed by atoms with Crippen molar-refractivity contribution in [1.82, 2.24) is 4.98 Å². The number of rotatable bonds is 4. The second-order valence-electron chi connectivity index (χ2n) is 3.78. The maximum Gasteiger partial charge on any atom is 0.134 e. The zero-order valence-corrected chi connectivity index (χ0v) is 11.1. The first-order valence-electron chi connectivity index (χ1n) is 5.72. The molecule has 0 radical (unpaired) electrons. The Balaban J connectivity index is 2.22.